The number of pyridine rings is 1. The lowest BCUT2D eigenvalue weighted by molar-refractivity contribution is 0.0726. The number of carbonyl (C=O) groups excluding carboxylic acids is 2. The molecule has 2 aromatic carbocycles. The fraction of sp³-hybridized carbons (Fsp3) is 0.300. The van der Waals surface area contributed by atoms with Crippen LogP contribution in [0.1, 0.15) is 63.2 Å². The zero-order valence-corrected chi connectivity index (χ0v) is 21.7. The van der Waals surface area contributed by atoms with Crippen LogP contribution in [0.5, 0.6) is 5.75 Å². The molecular weight excluding hydrogens is 502 g/mol. The van der Waals surface area contributed by atoms with E-state index in [2.05, 4.69) is 5.10 Å². The van der Waals surface area contributed by atoms with Gasteiger partial charge in [-0.05, 0) is 79.6 Å². The van der Waals surface area contributed by atoms with Crippen LogP contribution in [-0.2, 0) is 6.42 Å². The van der Waals surface area contributed by atoms with Crippen molar-refractivity contribution in [1.82, 2.24) is 14.5 Å². The molecule has 2 aromatic heterocycles. The minimum absolute atomic E-state index is 0.0326. The predicted molar refractivity (Wildman–Crippen MR) is 142 cm³/mol. The number of hydrogen-bond acceptors (Lipinski definition) is 4. The van der Waals surface area contributed by atoms with Gasteiger partial charge in [-0.25, -0.2) is 13.3 Å². The third-order valence-electron chi connectivity index (χ3n) is 7.52. The summed E-state index contributed by atoms with van der Waals surface area (Å²) >= 11 is 0. The smallest absolute Gasteiger partial charge is 0.258 e. The molecule has 200 valence electrons. The van der Waals surface area contributed by atoms with E-state index in [1.54, 1.807) is 36.5 Å². The van der Waals surface area contributed by atoms with E-state index in [4.69, 9.17) is 10.5 Å². The summed E-state index contributed by atoms with van der Waals surface area (Å²) < 4.78 is 36.5. The Balaban J connectivity index is 1.46. The van der Waals surface area contributed by atoms with Gasteiger partial charge >= 0.3 is 0 Å². The van der Waals surface area contributed by atoms with E-state index in [0.29, 0.717) is 28.0 Å². The van der Waals surface area contributed by atoms with Crippen molar-refractivity contribution in [2.24, 2.45) is 5.73 Å². The fourth-order valence-electron chi connectivity index (χ4n) is 5.31. The SMILES string of the molecule is COc1cc(C)c(-c2ccn3nc(Cc4ccc(F)cc4)c(C(N)=O)c3c2F)cc1C(=O)N(C1CC1)C1CC1. The van der Waals surface area contributed by atoms with Crippen LogP contribution in [0.3, 0.4) is 0 Å². The van der Waals surface area contributed by atoms with Gasteiger partial charge in [0.1, 0.15) is 17.1 Å². The molecule has 0 radical (unpaired) electrons. The highest BCUT2D eigenvalue weighted by Gasteiger charge is 2.43. The molecule has 4 aromatic rings. The number of halogens is 2. The number of benzene rings is 2. The van der Waals surface area contributed by atoms with Crippen molar-refractivity contribution in [2.75, 3.05) is 7.11 Å². The number of aromatic nitrogens is 2. The molecule has 2 amide bonds. The van der Waals surface area contributed by atoms with Gasteiger partial charge in [0, 0.05) is 30.3 Å². The Kier molecular flexibility index (Phi) is 6.09. The molecule has 2 saturated carbocycles. The van der Waals surface area contributed by atoms with Crippen molar-refractivity contribution in [3.05, 3.63) is 88.2 Å². The van der Waals surface area contributed by atoms with E-state index in [1.807, 2.05) is 11.8 Å². The molecule has 6 rings (SSSR count). The summed E-state index contributed by atoms with van der Waals surface area (Å²) in [5.41, 5.74) is 8.45. The molecule has 0 atom stereocenters. The van der Waals surface area contributed by atoms with Crippen molar-refractivity contribution >= 4 is 17.3 Å². The van der Waals surface area contributed by atoms with Crippen molar-refractivity contribution in [2.45, 2.75) is 51.1 Å². The van der Waals surface area contributed by atoms with Crippen LogP contribution in [0.25, 0.3) is 16.6 Å². The summed E-state index contributed by atoms with van der Waals surface area (Å²) in [4.78, 5) is 28.2. The number of rotatable bonds is 8. The fourth-order valence-corrected chi connectivity index (χ4v) is 5.31. The zero-order chi connectivity index (χ0) is 27.4. The molecule has 7 nitrogen and oxygen atoms in total. The number of nitrogens with zero attached hydrogens (tertiary/aromatic N) is 3. The molecule has 0 spiro atoms. The van der Waals surface area contributed by atoms with Gasteiger partial charge in [-0.1, -0.05) is 12.1 Å². The lowest BCUT2D eigenvalue weighted by Gasteiger charge is -2.24. The number of aryl methyl sites for hydroxylation is 1. The zero-order valence-electron chi connectivity index (χ0n) is 21.7. The number of nitrogens with two attached hydrogens (primary N) is 1. The van der Waals surface area contributed by atoms with Gasteiger partial charge in [0.05, 0.1) is 23.9 Å². The average Bonchev–Trinajstić information content (AvgIpc) is 3.85. The molecule has 0 aliphatic heterocycles. The van der Waals surface area contributed by atoms with Crippen LogP contribution in [-0.4, -0.2) is 45.5 Å². The first-order chi connectivity index (χ1) is 18.8. The van der Waals surface area contributed by atoms with E-state index in [1.165, 1.54) is 23.8 Å². The molecule has 2 N–H and O–H groups in total. The van der Waals surface area contributed by atoms with Crippen LogP contribution in [0, 0.1) is 18.6 Å². The number of carbonyl (C=O) groups is 2. The molecule has 2 aliphatic rings. The van der Waals surface area contributed by atoms with E-state index in [0.717, 1.165) is 25.7 Å². The Bertz CT molecular complexity index is 1610. The van der Waals surface area contributed by atoms with E-state index in [9.17, 15) is 14.0 Å². The second-order valence-electron chi connectivity index (χ2n) is 10.4. The van der Waals surface area contributed by atoms with Crippen LogP contribution in [0.4, 0.5) is 8.78 Å². The predicted octanol–water partition coefficient (Wildman–Crippen LogP) is 5.05. The standard InChI is InChI=1S/C30H28F2N4O3/c1-16-13-25(39-2)23(30(38)36(19-7-8-19)20-9-10-20)15-22(16)21-11-12-35-28(27(21)32)26(29(33)37)24(34-35)14-17-3-5-18(31)6-4-17/h3-6,11-13,15,19-20H,7-10,14H2,1-2H3,(H2,33,37). The first-order valence-electron chi connectivity index (χ1n) is 13.0. The van der Waals surface area contributed by atoms with Gasteiger partial charge in [0.15, 0.2) is 5.82 Å². The maximum atomic E-state index is 16.3. The largest absolute Gasteiger partial charge is 0.496 e. The number of methoxy groups -OCH3 is 1. The van der Waals surface area contributed by atoms with E-state index < -0.39 is 11.7 Å². The van der Waals surface area contributed by atoms with Gasteiger partial charge in [0.25, 0.3) is 11.8 Å². The quantitative estimate of drug-likeness (QED) is 0.345. The number of amides is 2. The molecule has 0 unspecified atom stereocenters. The van der Waals surface area contributed by atoms with E-state index >= 15 is 4.39 Å². The topological polar surface area (TPSA) is 89.9 Å². The number of hydrogen-bond donors (Lipinski definition) is 1. The van der Waals surface area contributed by atoms with Gasteiger partial charge in [-0.2, -0.15) is 5.10 Å². The summed E-state index contributed by atoms with van der Waals surface area (Å²) in [7, 11) is 1.52. The highest BCUT2D eigenvalue weighted by molar-refractivity contribution is 6.02. The molecule has 2 fully saturated rings. The van der Waals surface area contributed by atoms with E-state index in [-0.39, 0.29) is 52.6 Å². The van der Waals surface area contributed by atoms with Crippen LogP contribution in [0.2, 0.25) is 0 Å². The molecular formula is C30H28F2N4O3. The molecule has 0 bridgehead atoms. The molecule has 0 saturated heterocycles. The molecule has 9 heteroatoms. The average molecular weight is 531 g/mol. The van der Waals surface area contributed by atoms with Crippen molar-refractivity contribution in [3.63, 3.8) is 0 Å². The first kappa shape index (κ1) is 25.0. The number of fused-ring (bicyclic) bond motifs is 1. The van der Waals surface area contributed by atoms with Crippen LogP contribution < -0.4 is 10.5 Å². The van der Waals surface area contributed by atoms with Gasteiger partial charge in [-0.3, -0.25) is 9.59 Å². The molecule has 2 heterocycles. The van der Waals surface area contributed by atoms with Crippen molar-refractivity contribution in [1.29, 1.82) is 0 Å². The van der Waals surface area contributed by atoms with Gasteiger partial charge < -0.3 is 15.4 Å². The Labute approximate surface area is 224 Å². The van der Waals surface area contributed by atoms with Crippen LogP contribution >= 0.6 is 0 Å². The maximum absolute atomic E-state index is 16.3. The highest BCUT2D eigenvalue weighted by Crippen LogP contribution is 2.41. The van der Waals surface area contributed by atoms with Gasteiger partial charge in [-0.15, -0.1) is 0 Å². The Morgan fingerprint density at radius 3 is 2.31 bits per heavy atom. The summed E-state index contributed by atoms with van der Waals surface area (Å²) in [5, 5.41) is 4.42. The minimum Gasteiger partial charge on any atom is -0.496 e. The lowest BCUT2D eigenvalue weighted by atomic mass is 9.95. The maximum Gasteiger partial charge on any atom is 0.258 e. The third-order valence-corrected chi connectivity index (χ3v) is 7.52. The number of primary amides is 1. The Morgan fingerprint density at radius 1 is 1.05 bits per heavy atom. The van der Waals surface area contributed by atoms with Crippen molar-refractivity contribution < 1.29 is 23.1 Å². The summed E-state index contributed by atoms with van der Waals surface area (Å²) in [5.74, 6) is -1.53. The second-order valence-corrected chi connectivity index (χ2v) is 10.4. The normalized spacial score (nSPS) is 15.0. The van der Waals surface area contributed by atoms with Gasteiger partial charge in [0.2, 0.25) is 0 Å². The number of ether oxygens (including phenoxy) is 1. The highest BCUT2D eigenvalue weighted by atomic mass is 19.1. The summed E-state index contributed by atoms with van der Waals surface area (Å²) in [6, 6.07) is 11.3. The molecule has 39 heavy (non-hydrogen) atoms. The Hall–Kier alpha value is -4.27. The first-order valence-corrected chi connectivity index (χ1v) is 13.0. The third kappa shape index (κ3) is 4.51. The molecule has 2 aliphatic carbocycles. The van der Waals surface area contributed by atoms with Crippen LogP contribution in [0.15, 0.2) is 48.7 Å². The summed E-state index contributed by atoms with van der Waals surface area (Å²) in [6.45, 7) is 1.82. The lowest BCUT2D eigenvalue weighted by Crippen LogP contribution is -2.35. The minimum atomic E-state index is -0.815. The second kappa shape index (κ2) is 9.48. The van der Waals surface area contributed by atoms with Crippen molar-refractivity contribution in [3.8, 4) is 16.9 Å². The summed E-state index contributed by atoms with van der Waals surface area (Å²) in [6.07, 6.45) is 5.71. The monoisotopic (exact) mass is 530 g/mol. The Morgan fingerprint density at radius 2 is 1.72 bits per heavy atom.